The van der Waals surface area contributed by atoms with Crippen molar-refractivity contribution in [3.8, 4) is 5.75 Å². The van der Waals surface area contributed by atoms with Gasteiger partial charge < -0.3 is 20.2 Å². The summed E-state index contributed by atoms with van der Waals surface area (Å²) >= 11 is 0. The molecule has 7 heteroatoms. The molecule has 2 atom stereocenters. The summed E-state index contributed by atoms with van der Waals surface area (Å²) in [6.07, 6.45) is 5.99. The molecule has 2 unspecified atom stereocenters. The number of rotatable bonds is 6. The maximum Gasteiger partial charge on any atom is 0.227 e. The highest BCUT2D eigenvalue weighted by molar-refractivity contribution is 5.48. The van der Waals surface area contributed by atoms with Gasteiger partial charge in [-0.3, -0.25) is 4.90 Å². The summed E-state index contributed by atoms with van der Waals surface area (Å²) in [6.45, 7) is 13.5. The van der Waals surface area contributed by atoms with E-state index in [2.05, 4.69) is 45.1 Å². The van der Waals surface area contributed by atoms with Gasteiger partial charge in [0, 0.05) is 57.9 Å². The molecule has 2 aromatic rings. The lowest BCUT2D eigenvalue weighted by atomic mass is 9.96. The number of aryl methyl sites for hydroxylation is 2. The van der Waals surface area contributed by atoms with Crippen LogP contribution < -0.4 is 15.1 Å². The molecular weight excluding hydrogens is 424 g/mol. The first-order valence-corrected chi connectivity index (χ1v) is 13.2. The molecule has 1 aromatic heterocycles. The zero-order valence-electron chi connectivity index (χ0n) is 21.1. The van der Waals surface area contributed by atoms with Crippen molar-refractivity contribution in [2.45, 2.75) is 65.0 Å². The van der Waals surface area contributed by atoms with Crippen molar-refractivity contribution in [2.24, 2.45) is 0 Å². The fraction of sp³-hybridized carbons (Fsp3) is 0.630. The van der Waals surface area contributed by atoms with E-state index in [0.29, 0.717) is 11.8 Å². The Balaban J connectivity index is 1.42. The van der Waals surface area contributed by atoms with Crippen LogP contribution in [0.5, 0.6) is 5.75 Å². The topological polar surface area (TPSA) is 67.8 Å². The van der Waals surface area contributed by atoms with Crippen LogP contribution in [0, 0.1) is 13.8 Å². The highest BCUT2D eigenvalue weighted by Gasteiger charge is 2.30. The Kier molecular flexibility index (Phi) is 6.93. The first-order chi connectivity index (χ1) is 16.5. The van der Waals surface area contributed by atoms with Crippen LogP contribution in [0.3, 0.4) is 0 Å². The van der Waals surface area contributed by atoms with Crippen LogP contribution in [0.15, 0.2) is 18.2 Å². The molecule has 0 amide bonds. The highest BCUT2D eigenvalue weighted by atomic mass is 16.3. The van der Waals surface area contributed by atoms with Crippen LogP contribution in [0.25, 0.3) is 0 Å². The number of aromatic nitrogens is 2. The van der Waals surface area contributed by atoms with Crippen molar-refractivity contribution in [1.82, 2.24) is 20.2 Å². The van der Waals surface area contributed by atoms with Gasteiger partial charge in [-0.2, -0.15) is 4.98 Å². The second-order valence-corrected chi connectivity index (χ2v) is 10.3. The van der Waals surface area contributed by atoms with Gasteiger partial charge >= 0.3 is 0 Å². The normalized spacial score (nSPS) is 22.5. The molecule has 0 aliphatic carbocycles. The number of piperazine rings is 1. The van der Waals surface area contributed by atoms with E-state index in [4.69, 9.17) is 9.97 Å². The summed E-state index contributed by atoms with van der Waals surface area (Å²) in [5, 5.41) is 14.0. The van der Waals surface area contributed by atoms with E-state index < -0.39 is 0 Å². The summed E-state index contributed by atoms with van der Waals surface area (Å²) in [4.78, 5) is 17.5. The quantitative estimate of drug-likeness (QED) is 0.667. The number of anilines is 2. The third kappa shape index (κ3) is 4.73. The molecule has 3 fully saturated rings. The number of nitrogens with one attached hydrogen (secondary N) is 1. The Morgan fingerprint density at radius 2 is 1.59 bits per heavy atom. The Morgan fingerprint density at radius 1 is 0.941 bits per heavy atom. The minimum Gasteiger partial charge on any atom is -0.507 e. The smallest absolute Gasteiger partial charge is 0.227 e. The summed E-state index contributed by atoms with van der Waals surface area (Å²) in [6, 6.07) is 7.08. The first kappa shape index (κ1) is 23.4. The number of aromatic hydroxyl groups is 1. The van der Waals surface area contributed by atoms with E-state index in [1.165, 1.54) is 31.2 Å². The average Bonchev–Trinajstić information content (AvgIpc) is 3.58. The predicted octanol–water partition coefficient (Wildman–Crippen LogP) is 4.10. The average molecular weight is 465 g/mol. The molecule has 7 nitrogen and oxygen atoms in total. The van der Waals surface area contributed by atoms with Crippen LogP contribution in [0.2, 0.25) is 0 Å². The standard InChI is InChI=1S/C27H40N6O/c1-4-24(21-15-19(2)26(34)20(3)16-21)33-14-9-28-23(18-33)22-17-25(31-10-5-6-11-31)30-27(29-22)32-12-7-8-13-32/h15-17,23-24,28,34H,4-14,18H2,1-3H3. The molecule has 3 saturated heterocycles. The Bertz CT molecular complexity index is 941. The van der Waals surface area contributed by atoms with Crippen LogP contribution in [-0.2, 0) is 0 Å². The predicted molar refractivity (Wildman–Crippen MR) is 138 cm³/mol. The van der Waals surface area contributed by atoms with E-state index >= 15 is 0 Å². The molecule has 4 heterocycles. The Morgan fingerprint density at radius 3 is 2.24 bits per heavy atom. The lowest BCUT2D eigenvalue weighted by molar-refractivity contribution is 0.138. The molecule has 0 saturated carbocycles. The lowest BCUT2D eigenvalue weighted by Gasteiger charge is -2.39. The Hall–Kier alpha value is -2.38. The van der Waals surface area contributed by atoms with Gasteiger partial charge in [0.15, 0.2) is 0 Å². The second kappa shape index (κ2) is 10.1. The van der Waals surface area contributed by atoms with Gasteiger partial charge in [0.1, 0.15) is 11.6 Å². The summed E-state index contributed by atoms with van der Waals surface area (Å²) in [5.74, 6) is 2.43. The van der Waals surface area contributed by atoms with Crippen LogP contribution in [0.4, 0.5) is 11.8 Å². The molecule has 5 rings (SSSR count). The van der Waals surface area contributed by atoms with Crippen molar-refractivity contribution in [2.75, 3.05) is 55.6 Å². The maximum atomic E-state index is 10.3. The van der Waals surface area contributed by atoms with Crippen molar-refractivity contribution in [3.63, 3.8) is 0 Å². The van der Waals surface area contributed by atoms with Crippen LogP contribution in [-0.4, -0.2) is 65.8 Å². The molecule has 0 bridgehead atoms. The van der Waals surface area contributed by atoms with E-state index in [9.17, 15) is 5.11 Å². The second-order valence-electron chi connectivity index (χ2n) is 10.3. The number of phenolic OH excluding ortho intramolecular Hbond substituents is 1. The fourth-order valence-corrected chi connectivity index (χ4v) is 5.93. The highest BCUT2D eigenvalue weighted by Crippen LogP contribution is 2.33. The summed E-state index contributed by atoms with van der Waals surface area (Å²) in [5.41, 5.74) is 4.34. The van der Waals surface area contributed by atoms with Gasteiger partial charge in [0.25, 0.3) is 0 Å². The Labute approximate surface area is 204 Å². The third-order valence-corrected chi connectivity index (χ3v) is 7.83. The van der Waals surface area contributed by atoms with Gasteiger partial charge in [-0.15, -0.1) is 0 Å². The summed E-state index contributed by atoms with van der Waals surface area (Å²) in [7, 11) is 0. The molecule has 184 valence electrons. The zero-order valence-corrected chi connectivity index (χ0v) is 21.1. The fourth-order valence-electron chi connectivity index (χ4n) is 5.93. The van der Waals surface area contributed by atoms with E-state index in [1.807, 2.05) is 13.8 Å². The number of hydrogen-bond donors (Lipinski definition) is 2. The van der Waals surface area contributed by atoms with Crippen LogP contribution >= 0.6 is 0 Å². The maximum absolute atomic E-state index is 10.3. The number of nitrogens with zero attached hydrogens (tertiary/aromatic N) is 5. The SMILES string of the molecule is CCC(c1cc(C)c(O)c(C)c1)N1CCNC(c2cc(N3CCCC3)nc(N3CCCC3)n2)C1. The van der Waals surface area contributed by atoms with Crippen molar-refractivity contribution >= 4 is 11.8 Å². The number of hydrogen-bond acceptors (Lipinski definition) is 7. The molecule has 0 spiro atoms. The monoisotopic (exact) mass is 464 g/mol. The molecule has 1 aromatic carbocycles. The first-order valence-electron chi connectivity index (χ1n) is 13.2. The van der Waals surface area contributed by atoms with Crippen LogP contribution in [0.1, 0.15) is 73.5 Å². The number of benzene rings is 1. The molecule has 34 heavy (non-hydrogen) atoms. The van der Waals surface area contributed by atoms with E-state index in [-0.39, 0.29) is 6.04 Å². The van der Waals surface area contributed by atoms with Crippen molar-refractivity contribution in [1.29, 1.82) is 0 Å². The van der Waals surface area contributed by atoms with Gasteiger partial charge in [-0.25, -0.2) is 4.98 Å². The van der Waals surface area contributed by atoms with Gasteiger partial charge in [0.2, 0.25) is 5.95 Å². The summed E-state index contributed by atoms with van der Waals surface area (Å²) < 4.78 is 0. The number of phenols is 1. The molecular formula is C27H40N6O. The van der Waals surface area contributed by atoms with Gasteiger partial charge in [-0.1, -0.05) is 19.1 Å². The molecule has 2 N–H and O–H groups in total. The minimum atomic E-state index is 0.188. The van der Waals surface area contributed by atoms with Crippen molar-refractivity contribution < 1.29 is 5.11 Å². The third-order valence-electron chi connectivity index (χ3n) is 7.83. The molecule has 0 radical (unpaired) electrons. The largest absolute Gasteiger partial charge is 0.507 e. The molecule has 3 aliphatic heterocycles. The minimum absolute atomic E-state index is 0.188. The molecule has 3 aliphatic rings. The lowest BCUT2D eigenvalue weighted by Crippen LogP contribution is -2.47. The van der Waals surface area contributed by atoms with E-state index in [0.717, 1.165) is 80.8 Å². The van der Waals surface area contributed by atoms with Gasteiger partial charge in [-0.05, 0) is 62.6 Å². The van der Waals surface area contributed by atoms with Crippen molar-refractivity contribution in [3.05, 3.63) is 40.6 Å². The zero-order chi connectivity index (χ0) is 23.7. The van der Waals surface area contributed by atoms with E-state index in [1.54, 1.807) is 0 Å². The van der Waals surface area contributed by atoms with Gasteiger partial charge in [0.05, 0.1) is 11.7 Å².